The van der Waals surface area contributed by atoms with E-state index in [0.717, 1.165) is 0 Å². The first-order chi connectivity index (χ1) is 11.7. The Morgan fingerprint density at radius 3 is 2.60 bits per heavy atom. The third-order valence-electron chi connectivity index (χ3n) is 3.62. The highest BCUT2D eigenvalue weighted by Crippen LogP contribution is 2.25. The standard InChI is InChI=1S/C17H24N4O4/c1-17(2,3)25-16(23)20-12-9-24-13-6-5-10(7-18)11(8-19)14(13)21(4)15(12)22/h5-8,12H,9,18-19H2,1-4H3,(H,20,23)/b10-7-,11-8+/t12-/m0/s1. The Labute approximate surface area is 146 Å². The summed E-state index contributed by atoms with van der Waals surface area (Å²) >= 11 is 0. The average Bonchev–Trinajstić information content (AvgIpc) is 2.64. The summed E-state index contributed by atoms with van der Waals surface area (Å²) in [5.41, 5.74) is 11.2. The molecule has 5 N–H and O–H groups in total. The van der Waals surface area contributed by atoms with Crippen molar-refractivity contribution < 1.29 is 19.1 Å². The van der Waals surface area contributed by atoms with E-state index < -0.39 is 17.7 Å². The molecular formula is C17H24N4O4. The van der Waals surface area contributed by atoms with Crippen LogP contribution in [0.5, 0.6) is 5.75 Å². The Hall–Kier alpha value is -2.90. The van der Waals surface area contributed by atoms with Gasteiger partial charge in [-0.3, -0.25) is 4.79 Å². The van der Waals surface area contributed by atoms with Gasteiger partial charge in [-0.25, -0.2) is 4.79 Å². The number of carbonyl (C=O) groups is 2. The Bertz CT molecular complexity index is 798. The van der Waals surface area contributed by atoms with Gasteiger partial charge in [-0.15, -0.1) is 0 Å². The van der Waals surface area contributed by atoms with Crippen molar-refractivity contribution in [2.24, 2.45) is 11.5 Å². The molecule has 0 bridgehead atoms. The summed E-state index contributed by atoms with van der Waals surface area (Å²) in [7, 11) is 1.59. The molecule has 0 saturated carbocycles. The van der Waals surface area contributed by atoms with Crippen LogP contribution in [0.25, 0.3) is 12.4 Å². The number of alkyl carbamates (subject to hydrolysis) is 1. The van der Waals surface area contributed by atoms with Crippen molar-refractivity contribution in [3.63, 3.8) is 0 Å². The van der Waals surface area contributed by atoms with Crippen molar-refractivity contribution in [3.8, 4) is 5.75 Å². The summed E-state index contributed by atoms with van der Waals surface area (Å²) in [6.45, 7) is 5.21. The fraction of sp³-hybridized carbons (Fsp3) is 0.412. The normalized spacial score (nSPS) is 19.1. The maximum Gasteiger partial charge on any atom is 0.408 e. The second kappa shape index (κ2) is 6.92. The molecule has 0 saturated heterocycles. The minimum absolute atomic E-state index is 0.0227. The highest BCUT2D eigenvalue weighted by Gasteiger charge is 2.32. The fourth-order valence-electron chi connectivity index (χ4n) is 2.53. The van der Waals surface area contributed by atoms with E-state index in [4.69, 9.17) is 20.9 Å². The predicted octanol–water partition coefficient (Wildman–Crippen LogP) is -0.671. The molecular weight excluding hydrogens is 324 g/mol. The van der Waals surface area contributed by atoms with Gasteiger partial charge < -0.3 is 31.2 Å². The minimum Gasteiger partial charge on any atom is -0.489 e. The first-order valence-corrected chi connectivity index (χ1v) is 7.84. The minimum atomic E-state index is -0.886. The van der Waals surface area contributed by atoms with E-state index >= 15 is 0 Å². The van der Waals surface area contributed by atoms with E-state index in [1.54, 1.807) is 40.0 Å². The average molecular weight is 348 g/mol. The molecule has 2 amide bonds. The van der Waals surface area contributed by atoms with Crippen LogP contribution in [0.1, 0.15) is 20.8 Å². The van der Waals surface area contributed by atoms with E-state index in [1.807, 2.05) is 0 Å². The monoisotopic (exact) mass is 348 g/mol. The first kappa shape index (κ1) is 18.4. The maximum absolute atomic E-state index is 12.8. The molecule has 0 fully saturated rings. The van der Waals surface area contributed by atoms with Crippen molar-refractivity contribution in [2.75, 3.05) is 18.6 Å². The summed E-state index contributed by atoms with van der Waals surface area (Å²) in [6, 6.07) is 2.57. The number of hydrogen-bond acceptors (Lipinski definition) is 6. The quantitative estimate of drug-likeness (QED) is 0.619. The van der Waals surface area contributed by atoms with Crippen molar-refractivity contribution in [1.29, 1.82) is 0 Å². The van der Waals surface area contributed by atoms with Gasteiger partial charge in [0.1, 0.15) is 24.0 Å². The molecule has 0 aliphatic carbocycles. The molecule has 25 heavy (non-hydrogen) atoms. The summed E-state index contributed by atoms with van der Waals surface area (Å²) in [4.78, 5) is 26.1. The summed E-state index contributed by atoms with van der Waals surface area (Å²) in [5.74, 6) is 0.133. The Morgan fingerprint density at radius 1 is 1.36 bits per heavy atom. The van der Waals surface area contributed by atoms with Gasteiger partial charge in [-0.1, -0.05) is 0 Å². The number of ether oxygens (including phenoxy) is 2. The Kier molecular flexibility index (Phi) is 5.10. The molecule has 0 radical (unpaired) electrons. The number of amides is 2. The molecule has 1 aliphatic rings. The van der Waals surface area contributed by atoms with Gasteiger partial charge in [0.15, 0.2) is 0 Å². The highest BCUT2D eigenvalue weighted by atomic mass is 16.6. The van der Waals surface area contributed by atoms with Gasteiger partial charge >= 0.3 is 6.09 Å². The van der Waals surface area contributed by atoms with Crippen LogP contribution in [0, 0.1) is 0 Å². The number of carbonyl (C=O) groups excluding carboxylic acids is 2. The number of anilines is 1. The SMILES string of the molecule is CN1C(=O)[C@@H](NC(=O)OC(C)(C)C)COc2ccc(=C/N)/c(=C\N)c21. The number of nitrogens with two attached hydrogens (primary N) is 2. The van der Waals surface area contributed by atoms with Crippen LogP contribution >= 0.6 is 0 Å². The molecule has 1 atom stereocenters. The van der Waals surface area contributed by atoms with Gasteiger partial charge in [0.25, 0.3) is 5.91 Å². The zero-order chi connectivity index (χ0) is 18.8. The molecule has 1 heterocycles. The lowest BCUT2D eigenvalue weighted by atomic mass is 10.1. The summed E-state index contributed by atoms with van der Waals surface area (Å²) in [6.07, 6.45) is 2.08. The van der Waals surface area contributed by atoms with E-state index in [0.29, 0.717) is 21.9 Å². The second-order valence-corrected chi connectivity index (χ2v) is 6.66. The number of nitrogens with zero attached hydrogens (tertiary/aromatic N) is 1. The van der Waals surface area contributed by atoms with Crippen LogP contribution in [0.4, 0.5) is 10.5 Å². The molecule has 0 aromatic heterocycles. The van der Waals surface area contributed by atoms with Crippen molar-refractivity contribution in [2.45, 2.75) is 32.4 Å². The van der Waals surface area contributed by atoms with Crippen LogP contribution < -0.4 is 36.9 Å². The van der Waals surface area contributed by atoms with Crippen LogP contribution in [-0.4, -0.2) is 37.3 Å². The number of fused-ring (bicyclic) bond motifs is 1. The molecule has 1 aromatic carbocycles. The predicted molar refractivity (Wildman–Crippen MR) is 95.1 cm³/mol. The summed E-state index contributed by atoms with van der Waals surface area (Å²) in [5, 5.41) is 3.79. The first-order valence-electron chi connectivity index (χ1n) is 7.84. The molecule has 136 valence electrons. The number of likely N-dealkylation sites (N-methyl/N-ethyl adjacent to an activating group) is 1. The molecule has 8 nitrogen and oxygen atoms in total. The molecule has 0 spiro atoms. The zero-order valence-corrected chi connectivity index (χ0v) is 14.8. The Balaban J connectivity index is 2.35. The van der Waals surface area contributed by atoms with Crippen LogP contribution in [0.15, 0.2) is 12.1 Å². The lowest BCUT2D eigenvalue weighted by Crippen LogP contribution is -2.51. The van der Waals surface area contributed by atoms with E-state index in [1.165, 1.54) is 17.3 Å². The smallest absolute Gasteiger partial charge is 0.408 e. The van der Waals surface area contributed by atoms with Crippen molar-refractivity contribution in [1.82, 2.24) is 5.32 Å². The topological polar surface area (TPSA) is 120 Å². The van der Waals surface area contributed by atoms with E-state index in [9.17, 15) is 9.59 Å². The highest BCUT2D eigenvalue weighted by molar-refractivity contribution is 6.00. The van der Waals surface area contributed by atoms with Crippen molar-refractivity contribution >= 4 is 30.1 Å². The molecule has 1 aromatic rings. The van der Waals surface area contributed by atoms with Gasteiger partial charge in [0.05, 0.1) is 5.69 Å². The lowest BCUT2D eigenvalue weighted by Gasteiger charge is -2.24. The van der Waals surface area contributed by atoms with E-state index in [-0.39, 0.29) is 12.5 Å². The largest absolute Gasteiger partial charge is 0.489 e. The number of rotatable bonds is 1. The number of hydrogen-bond donors (Lipinski definition) is 3. The van der Waals surface area contributed by atoms with Gasteiger partial charge in [0.2, 0.25) is 0 Å². The van der Waals surface area contributed by atoms with Crippen molar-refractivity contribution in [3.05, 3.63) is 22.6 Å². The number of nitrogens with one attached hydrogen (secondary N) is 1. The summed E-state index contributed by atoms with van der Waals surface area (Å²) < 4.78 is 10.9. The zero-order valence-electron chi connectivity index (χ0n) is 14.8. The third kappa shape index (κ3) is 3.96. The molecule has 2 rings (SSSR count). The van der Waals surface area contributed by atoms with E-state index in [2.05, 4.69) is 5.32 Å². The molecule has 8 heteroatoms. The van der Waals surface area contributed by atoms with Gasteiger partial charge in [-0.05, 0) is 32.9 Å². The van der Waals surface area contributed by atoms with Gasteiger partial charge in [0, 0.05) is 29.9 Å². The molecule has 1 aliphatic heterocycles. The van der Waals surface area contributed by atoms with Crippen LogP contribution in [-0.2, 0) is 9.53 Å². The van der Waals surface area contributed by atoms with Gasteiger partial charge in [-0.2, -0.15) is 0 Å². The fourth-order valence-corrected chi connectivity index (χ4v) is 2.53. The van der Waals surface area contributed by atoms with Crippen LogP contribution in [0.2, 0.25) is 0 Å². The Morgan fingerprint density at radius 2 is 2.04 bits per heavy atom. The maximum atomic E-state index is 12.8. The van der Waals surface area contributed by atoms with Crippen LogP contribution in [0.3, 0.4) is 0 Å². The number of benzene rings is 1. The second-order valence-electron chi connectivity index (χ2n) is 6.66. The third-order valence-corrected chi connectivity index (χ3v) is 3.62. The lowest BCUT2D eigenvalue weighted by molar-refractivity contribution is -0.120. The molecule has 0 unspecified atom stereocenters.